The Hall–Kier alpha value is -4.24. The zero-order valence-corrected chi connectivity index (χ0v) is 16.3. The molecule has 31 heavy (non-hydrogen) atoms. The maximum absolute atomic E-state index is 12.6. The highest BCUT2D eigenvalue weighted by molar-refractivity contribution is 6.02. The average Bonchev–Trinajstić information content (AvgIpc) is 3.47. The van der Waals surface area contributed by atoms with Gasteiger partial charge in [0.2, 0.25) is 0 Å². The van der Waals surface area contributed by atoms with E-state index < -0.39 is 10.8 Å². The molecule has 0 saturated carbocycles. The highest BCUT2D eigenvalue weighted by Gasteiger charge is 2.13. The van der Waals surface area contributed by atoms with Gasteiger partial charge >= 0.3 is 0 Å². The molecule has 0 aliphatic rings. The molecule has 0 atom stereocenters. The van der Waals surface area contributed by atoms with E-state index in [9.17, 15) is 14.9 Å². The zero-order chi connectivity index (χ0) is 21.6. The van der Waals surface area contributed by atoms with Crippen molar-refractivity contribution in [2.75, 3.05) is 5.32 Å². The Morgan fingerprint density at radius 1 is 1.10 bits per heavy atom. The molecule has 1 amide bonds. The van der Waals surface area contributed by atoms with Gasteiger partial charge in [0.1, 0.15) is 12.4 Å². The smallest absolute Gasteiger partial charge is 0.276 e. The van der Waals surface area contributed by atoms with Gasteiger partial charge in [-0.25, -0.2) is 4.68 Å². The molecule has 2 aromatic heterocycles. The standard InChI is InChI=1S/C22H18N4O5/c27-22(21-9-10-25(24-21)18-6-2-7-19(13-18)26(28)29)23-17-5-1-4-16(12-17)14-30-15-20-8-3-11-31-20/h1-13H,14-15H2,(H,23,27). The lowest BCUT2D eigenvalue weighted by Gasteiger charge is -2.07. The number of anilines is 1. The van der Waals surface area contributed by atoms with Crippen molar-refractivity contribution in [3.05, 3.63) is 106 Å². The number of ether oxygens (including phenoxy) is 1. The number of carbonyl (C=O) groups excluding carboxylic acids is 1. The molecule has 0 saturated heterocycles. The molecule has 0 aliphatic carbocycles. The second-order valence-corrected chi connectivity index (χ2v) is 6.65. The van der Waals surface area contributed by atoms with Crippen LogP contribution in [-0.4, -0.2) is 20.6 Å². The van der Waals surface area contributed by atoms with Crippen LogP contribution < -0.4 is 5.32 Å². The fourth-order valence-corrected chi connectivity index (χ4v) is 2.94. The maximum Gasteiger partial charge on any atom is 0.276 e. The van der Waals surface area contributed by atoms with Crippen LogP contribution in [0.2, 0.25) is 0 Å². The van der Waals surface area contributed by atoms with E-state index in [4.69, 9.17) is 9.15 Å². The van der Waals surface area contributed by atoms with Crippen molar-refractivity contribution < 1.29 is 18.9 Å². The summed E-state index contributed by atoms with van der Waals surface area (Å²) in [6, 6.07) is 18.5. The molecule has 156 valence electrons. The summed E-state index contributed by atoms with van der Waals surface area (Å²) in [4.78, 5) is 23.0. The molecule has 4 rings (SSSR count). The minimum Gasteiger partial charge on any atom is -0.467 e. The van der Waals surface area contributed by atoms with Gasteiger partial charge in [-0.05, 0) is 42.0 Å². The number of aromatic nitrogens is 2. The van der Waals surface area contributed by atoms with Crippen molar-refractivity contribution in [1.82, 2.24) is 9.78 Å². The van der Waals surface area contributed by atoms with Crippen molar-refractivity contribution in [1.29, 1.82) is 0 Å². The lowest BCUT2D eigenvalue weighted by atomic mass is 10.2. The van der Waals surface area contributed by atoms with Gasteiger partial charge in [0.25, 0.3) is 11.6 Å². The van der Waals surface area contributed by atoms with Crippen LogP contribution >= 0.6 is 0 Å². The molecule has 9 nitrogen and oxygen atoms in total. The largest absolute Gasteiger partial charge is 0.467 e. The molecule has 0 spiro atoms. The number of non-ortho nitro benzene ring substituents is 1. The van der Waals surface area contributed by atoms with Crippen LogP contribution in [0.25, 0.3) is 5.69 Å². The molecule has 0 bridgehead atoms. The van der Waals surface area contributed by atoms with Gasteiger partial charge in [-0.2, -0.15) is 5.10 Å². The molecule has 0 radical (unpaired) electrons. The molecular weight excluding hydrogens is 400 g/mol. The van der Waals surface area contributed by atoms with Crippen molar-refractivity contribution >= 4 is 17.3 Å². The van der Waals surface area contributed by atoms with Crippen LogP contribution in [0.4, 0.5) is 11.4 Å². The van der Waals surface area contributed by atoms with Crippen LogP contribution in [0.3, 0.4) is 0 Å². The number of hydrogen-bond donors (Lipinski definition) is 1. The van der Waals surface area contributed by atoms with Crippen molar-refractivity contribution in [2.45, 2.75) is 13.2 Å². The van der Waals surface area contributed by atoms with Crippen molar-refractivity contribution in [3.8, 4) is 5.69 Å². The third kappa shape index (κ3) is 5.03. The van der Waals surface area contributed by atoms with E-state index in [1.807, 2.05) is 24.3 Å². The molecule has 9 heteroatoms. The second-order valence-electron chi connectivity index (χ2n) is 6.65. The summed E-state index contributed by atoms with van der Waals surface area (Å²) in [5, 5.41) is 18.0. The molecule has 4 aromatic rings. The number of nitro groups is 1. The van der Waals surface area contributed by atoms with Crippen LogP contribution in [0.1, 0.15) is 21.8 Å². The minimum absolute atomic E-state index is 0.0508. The van der Waals surface area contributed by atoms with E-state index in [1.165, 1.54) is 16.8 Å². The predicted octanol–water partition coefficient (Wildman–Crippen LogP) is 4.34. The first-order valence-electron chi connectivity index (χ1n) is 9.39. The Morgan fingerprint density at radius 3 is 2.77 bits per heavy atom. The van der Waals surface area contributed by atoms with Crippen LogP contribution in [0.15, 0.2) is 83.6 Å². The Bertz CT molecular complexity index is 1200. The monoisotopic (exact) mass is 418 g/mol. The van der Waals surface area contributed by atoms with Gasteiger partial charge in [-0.15, -0.1) is 0 Å². The third-order valence-corrected chi connectivity index (χ3v) is 4.40. The number of benzene rings is 2. The normalized spacial score (nSPS) is 10.7. The van der Waals surface area contributed by atoms with Gasteiger partial charge in [0, 0.05) is 24.0 Å². The summed E-state index contributed by atoms with van der Waals surface area (Å²) in [6.07, 6.45) is 3.17. The number of carbonyl (C=O) groups is 1. The van der Waals surface area contributed by atoms with Crippen LogP contribution in [0.5, 0.6) is 0 Å². The van der Waals surface area contributed by atoms with Gasteiger partial charge in [0.05, 0.1) is 23.5 Å². The fraction of sp³-hybridized carbons (Fsp3) is 0.0909. The summed E-state index contributed by atoms with van der Waals surface area (Å²) >= 11 is 0. The number of furan rings is 1. The third-order valence-electron chi connectivity index (χ3n) is 4.40. The van der Waals surface area contributed by atoms with Gasteiger partial charge in [-0.3, -0.25) is 14.9 Å². The van der Waals surface area contributed by atoms with Gasteiger partial charge < -0.3 is 14.5 Å². The first-order valence-corrected chi connectivity index (χ1v) is 9.39. The first kappa shape index (κ1) is 20.0. The van der Waals surface area contributed by atoms with E-state index >= 15 is 0 Å². The topological polar surface area (TPSA) is 112 Å². The molecule has 0 aliphatic heterocycles. The highest BCUT2D eigenvalue weighted by Crippen LogP contribution is 2.17. The second kappa shape index (κ2) is 9.06. The highest BCUT2D eigenvalue weighted by atomic mass is 16.6. The number of amides is 1. The summed E-state index contributed by atoms with van der Waals surface area (Å²) < 4.78 is 12.3. The summed E-state index contributed by atoms with van der Waals surface area (Å²) in [5.74, 6) is 0.349. The van der Waals surface area contributed by atoms with Crippen molar-refractivity contribution in [2.24, 2.45) is 0 Å². The summed E-state index contributed by atoms with van der Waals surface area (Å²) in [7, 11) is 0. The van der Waals surface area contributed by atoms with Crippen LogP contribution in [0, 0.1) is 10.1 Å². The maximum atomic E-state index is 12.6. The van der Waals surface area contributed by atoms with E-state index in [0.29, 0.717) is 24.6 Å². The Labute approximate surface area is 177 Å². The Balaban J connectivity index is 1.39. The Morgan fingerprint density at radius 2 is 1.97 bits per heavy atom. The SMILES string of the molecule is O=C(Nc1cccc(COCc2ccco2)c1)c1ccn(-c2cccc([N+](=O)[O-])c2)n1. The summed E-state index contributed by atoms with van der Waals surface area (Å²) in [5.41, 5.74) is 2.13. The van der Waals surface area contributed by atoms with E-state index in [-0.39, 0.29) is 11.4 Å². The average molecular weight is 418 g/mol. The van der Waals surface area contributed by atoms with Gasteiger partial charge in [-0.1, -0.05) is 18.2 Å². The zero-order valence-electron chi connectivity index (χ0n) is 16.3. The predicted molar refractivity (Wildman–Crippen MR) is 112 cm³/mol. The fourth-order valence-electron chi connectivity index (χ4n) is 2.94. The Kier molecular flexibility index (Phi) is 5.86. The van der Waals surface area contributed by atoms with Gasteiger partial charge in [0.15, 0.2) is 5.69 Å². The lowest BCUT2D eigenvalue weighted by Crippen LogP contribution is -2.13. The first-order chi connectivity index (χ1) is 15.1. The molecule has 0 unspecified atom stereocenters. The lowest BCUT2D eigenvalue weighted by molar-refractivity contribution is -0.384. The molecule has 1 N–H and O–H groups in total. The number of nitro benzene ring substituents is 1. The minimum atomic E-state index is -0.480. The summed E-state index contributed by atoms with van der Waals surface area (Å²) in [6.45, 7) is 0.727. The van der Waals surface area contributed by atoms with E-state index in [1.54, 1.807) is 42.8 Å². The number of nitrogens with one attached hydrogen (secondary N) is 1. The van der Waals surface area contributed by atoms with E-state index in [0.717, 1.165) is 11.3 Å². The molecule has 2 heterocycles. The molecule has 2 aromatic carbocycles. The quantitative estimate of drug-likeness (QED) is 0.336. The molecular formula is C22H18N4O5. The van der Waals surface area contributed by atoms with Crippen molar-refractivity contribution in [3.63, 3.8) is 0 Å². The number of rotatable bonds is 8. The molecule has 0 fully saturated rings. The van der Waals surface area contributed by atoms with Crippen LogP contribution in [-0.2, 0) is 18.0 Å². The van der Waals surface area contributed by atoms with E-state index in [2.05, 4.69) is 10.4 Å². The number of nitrogens with zero attached hydrogens (tertiary/aromatic N) is 3. The number of hydrogen-bond acceptors (Lipinski definition) is 6.